The third kappa shape index (κ3) is 3.15. The third-order valence-electron chi connectivity index (χ3n) is 2.13. The molecular weight excluding hydrogens is 165 g/mol. The van der Waals surface area contributed by atoms with Crippen LogP contribution in [0.25, 0.3) is 0 Å². The molecule has 72 valence electrons. The Kier molecular flexibility index (Phi) is 3.43. The Balaban J connectivity index is 2.67. The van der Waals surface area contributed by atoms with E-state index < -0.39 is 0 Å². The lowest BCUT2D eigenvalue weighted by molar-refractivity contribution is 0.413. The first-order valence-corrected chi connectivity index (χ1v) is 4.49. The van der Waals surface area contributed by atoms with Crippen molar-refractivity contribution in [3.05, 3.63) is 35.1 Å². The van der Waals surface area contributed by atoms with Crippen LogP contribution in [0.3, 0.4) is 0 Å². The number of hydrogen-bond acceptors (Lipinski definition) is 1. The van der Waals surface area contributed by atoms with Crippen LogP contribution >= 0.6 is 0 Å². The summed E-state index contributed by atoms with van der Waals surface area (Å²) >= 11 is 0. The second kappa shape index (κ2) is 4.38. The first-order chi connectivity index (χ1) is 6.09. The number of halogens is 1. The van der Waals surface area contributed by atoms with E-state index in [4.69, 9.17) is 0 Å². The average molecular weight is 181 g/mol. The van der Waals surface area contributed by atoms with Gasteiger partial charge in [0.25, 0.3) is 0 Å². The molecule has 1 nitrogen and oxygen atoms in total. The molecule has 0 atom stereocenters. The van der Waals surface area contributed by atoms with E-state index in [2.05, 4.69) is 4.90 Å². The molecule has 1 aromatic carbocycles. The van der Waals surface area contributed by atoms with Gasteiger partial charge < -0.3 is 4.90 Å². The zero-order valence-electron chi connectivity index (χ0n) is 8.47. The lowest BCUT2D eigenvalue weighted by atomic mass is 10.1. The van der Waals surface area contributed by atoms with Gasteiger partial charge in [-0.2, -0.15) is 0 Å². The van der Waals surface area contributed by atoms with Gasteiger partial charge in [0.1, 0.15) is 5.82 Å². The number of hydrogen-bond donors (Lipinski definition) is 0. The van der Waals surface area contributed by atoms with Crippen LogP contribution in [0.15, 0.2) is 18.2 Å². The van der Waals surface area contributed by atoms with Crippen LogP contribution in [0.1, 0.15) is 11.1 Å². The molecule has 0 amide bonds. The summed E-state index contributed by atoms with van der Waals surface area (Å²) in [6, 6.07) is 4.98. The molecule has 0 aliphatic carbocycles. The zero-order valence-corrected chi connectivity index (χ0v) is 8.47. The second-order valence-electron chi connectivity index (χ2n) is 3.62. The summed E-state index contributed by atoms with van der Waals surface area (Å²) in [5.74, 6) is -0.147. The first kappa shape index (κ1) is 10.2. The van der Waals surface area contributed by atoms with Crippen LogP contribution < -0.4 is 0 Å². The minimum atomic E-state index is -0.147. The van der Waals surface area contributed by atoms with Gasteiger partial charge in [-0.3, -0.25) is 0 Å². The Morgan fingerprint density at radius 1 is 1.31 bits per heavy atom. The molecule has 0 saturated carbocycles. The maximum Gasteiger partial charge on any atom is 0.123 e. The Morgan fingerprint density at radius 3 is 2.54 bits per heavy atom. The average Bonchev–Trinajstić information content (AvgIpc) is 2.02. The van der Waals surface area contributed by atoms with Crippen LogP contribution in [0, 0.1) is 12.7 Å². The van der Waals surface area contributed by atoms with Gasteiger partial charge in [-0.25, -0.2) is 4.39 Å². The van der Waals surface area contributed by atoms with E-state index in [-0.39, 0.29) is 5.82 Å². The molecule has 1 aromatic rings. The van der Waals surface area contributed by atoms with Crippen molar-refractivity contribution in [2.75, 3.05) is 20.6 Å². The number of benzene rings is 1. The number of nitrogens with zero attached hydrogens (tertiary/aromatic N) is 1. The summed E-state index contributed by atoms with van der Waals surface area (Å²) in [6.07, 6.45) is 0.985. The predicted octanol–water partition coefficient (Wildman–Crippen LogP) is 2.24. The second-order valence-corrected chi connectivity index (χ2v) is 3.62. The quantitative estimate of drug-likeness (QED) is 0.691. The van der Waals surface area contributed by atoms with Crippen molar-refractivity contribution in [3.63, 3.8) is 0 Å². The smallest absolute Gasteiger partial charge is 0.123 e. The van der Waals surface area contributed by atoms with Crippen LogP contribution in [0.4, 0.5) is 4.39 Å². The topological polar surface area (TPSA) is 3.24 Å². The maximum absolute atomic E-state index is 12.7. The van der Waals surface area contributed by atoms with Gasteiger partial charge in [0, 0.05) is 6.54 Å². The van der Waals surface area contributed by atoms with Gasteiger partial charge in [-0.05, 0) is 50.7 Å². The molecule has 0 bridgehead atoms. The zero-order chi connectivity index (χ0) is 9.84. The summed E-state index contributed by atoms with van der Waals surface area (Å²) in [4.78, 5) is 2.13. The largest absolute Gasteiger partial charge is 0.309 e. The van der Waals surface area contributed by atoms with Crippen molar-refractivity contribution in [3.8, 4) is 0 Å². The van der Waals surface area contributed by atoms with Crippen LogP contribution in [0.5, 0.6) is 0 Å². The molecule has 0 radical (unpaired) electrons. The Morgan fingerprint density at radius 2 is 2.00 bits per heavy atom. The molecule has 13 heavy (non-hydrogen) atoms. The van der Waals surface area contributed by atoms with Crippen molar-refractivity contribution in [2.45, 2.75) is 13.3 Å². The molecule has 2 heteroatoms. The van der Waals surface area contributed by atoms with Crippen LogP contribution in [-0.4, -0.2) is 25.5 Å². The number of rotatable bonds is 3. The fraction of sp³-hybridized carbons (Fsp3) is 0.455. The van der Waals surface area contributed by atoms with Crippen molar-refractivity contribution < 1.29 is 4.39 Å². The van der Waals surface area contributed by atoms with Crippen molar-refractivity contribution in [1.82, 2.24) is 4.90 Å². The molecular formula is C11H16FN. The molecule has 0 unspecified atom stereocenters. The van der Waals surface area contributed by atoms with Crippen molar-refractivity contribution in [1.29, 1.82) is 0 Å². The van der Waals surface area contributed by atoms with E-state index in [0.717, 1.165) is 18.5 Å². The third-order valence-corrected chi connectivity index (χ3v) is 2.13. The summed E-state index contributed by atoms with van der Waals surface area (Å²) in [5.41, 5.74) is 2.27. The lowest BCUT2D eigenvalue weighted by Crippen LogP contribution is -2.15. The van der Waals surface area contributed by atoms with Gasteiger partial charge in [0.2, 0.25) is 0 Å². The van der Waals surface area contributed by atoms with Crippen molar-refractivity contribution >= 4 is 0 Å². The lowest BCUT2D eigenvalue weighted by Gasteiger charge is -2.10. The Bertz CT molecular complexity index is 281. The van der Waals surface area contributed by atoms with E-state index in [0.29, 0.717) is 0 Å². The highest BCUT2D eigenvalue weighted by atomic mass is 19.1. The van der Waals surface area contributed by atoms with Crippen LogP contribution in [-0.2, 0) is 6.42 Å². The Labute approximate surface area is 79.2 Å². The van der Waals surface area contributed by atoms with Gasteiger partial charge in [0.15, 0.2) is 0 Å². The fourth-order valence-electron chi connectivity index (χ4n) is 1.28. The summed E-state index contributed by atoms with van der Waals surface area (Å²) in [7, 11) is 4.08. The molecule has 0 N–H and O–H groups in total. The predicted molar refractivity (Wildman–Crippen MR) is 53.4 cm³/mol. The Hall–Kier alpha value is -0.890. The van der Waals surface area contributed by atoms with E-state index in [1.54, 1.807) is 6.07 Å². The van der Waals surface area contributed by atoms with Crippen molar-refractivity contribution in [2.24, 2.45) is 0 Å². The van der Waals surface area contributed by atoms with E-state index in [1.165, 1.54) is 11.6 Å². The molecule has 0 aliphatic heterocycles. The number of likely N-dealkylation sites (N-methyl/N-ethyl adjacent to an activating group) is 1. The summed E-state index contributed by atoms with van der Waals surface area (Å²) < 4.78 is 12.7. The van der Waals surface area contributed by atoms with Gasteiger partial charge >= 0.3 is 0 Å². The molecule has 0 spiro atoms. The monoisotopic (exact) mass is 181 g/mol. The van der Waals surface area contributed by atoms with Crippen LogP contribution in [0.2, 0.25) is 0 Å². The minimum absolute atomic E-state index is 0.147. The standard InChI is InChI=1S/C11H16FN/c1-9-8-11(12)5-4-10(9)6-7-13(2)3/h4-5,8H,6-7H2,1-3H3. The SMILES string of the molecule is Cc1cc(F)ccc1CCN(C)C. The van der Waals surface area contributed by atoms with E-state index in [9.17, 15) is 4.39 Å². The molecule has 0 heterocycles. The highest BCUT2D eigenvalue weighted by molar-refractivity contribution is 5.26. The maximum atomic E-state index is 12.7. The summed E-state index contributed by atoms with van der Waals surface area (Å²) in [5, 5.41) is 0. The minimum Gasteiger partial charge on any atom is -0.309 e. The first-order valence-electron chi connectivity index (χ1n) is 4.49. The highest BCUT2D eigenvalue weighted by Gasteiger charge is 2.00. The molecule has 0 aromatic heterocycles. The van der Waals surface area contributed by atoms with E-state index in [1.807, 2.05) is 27.1 Å². The van der Waals surface area contributed by atoms with Gasteiger partial charge in [-0.1, -0.05) is 6.07 Å². The summed E-state index contributed by atoms with van der Waals surface area (Å²) in [6.45, 7) is 2.96. The van der Waals surface area contributed by atoms with E-state index >= 15 is 0 Å². The van der Waals surface area contributed by atoms with Gasteiger partial charge in [0.05, 0.1) is 0 Å². The highest BCUT2D eigenvalue weighted by Crippen LogP contribution is 2.10. The molecule has 0 aliphatic rings. The number of aryl methyl sites for hydroxylation is 1. The molecule has 1 rings (SSSR count). The molecule has 0 fully saturated rings. The normalized spacial score (nSPS) is 10.8. The van der Waals surface area contributed by atoms with Gasteiger partial charge in [-0.15, -0.1) is 0 Å². The fourth-order valence-corrected chi connectivity index (χ4v) is 1.28. The molecule has 0 saturated heterocycles.